The molecule has 2 N–H and O–H groups in total. The number of hydrogen-bond acceptors (Lipinski definition) is 3. The minimum Gasteiger partial charge on any atom is -0.349 e. The molecule has 0 bridgehead atoms. The van der Waals surface area contributed by atoms with E-state index in [-0.39, 0.29) is 23.7 Å². The topological polar surface area (TPSA) is 71.1 Å². The first-order chi connectivity index (χ1) is 10.3. The number of hydrogen-bond donors (Lipinski definition) is 2. The SMILES string of the molecule is Cc1cccc(CNC(=O)C(NC(=O)CC(C)C)C(C)C)n1. The van der Waals surface area contributed by atoms with Crippen molar-refractivity contribution in [3.63, 3.8) is 0 Å². The maximum Gasteiger partial charge on any atom is 0.243 e. The number of amides is 2. The summed E-state index contributed by atoms with van der Waals surface area (Å²) in [5.74, 6) is 0.0434. The average Bonchev–Trinajstić information content (AvgIpc) is 2.41. The Bertz CT molecular complexity index is 512. The summed E-state index contributed by atoms with van der Waals surface area (Å²) in [6, 6.07) is 5.17. The van der Waals surface area contributed by atoms with Crippen molar-refractivity contribution in [2.75, 3.05) is 0 Å². The number of aryl methyl sites for hydroxylation is 1. The molecule has 1 rings (SSSR count). The first kappa shape index (κ1) is 18.1. The van der Waals surface area contributed by atoms with Crippen LogP contribution in [0, 0.1) is 18.8 Å². The molecule has 0 saturated carbocycles. The summed E-state index contributed by atoms with van der Waals surface area (Å²) in [5, 5.41) is 5.67. The molecule has 0 spiro atoms. The van der Waals surface area contributed by atoms with E-state index in [0.717, 1.165) is 11.4 Å². The minimum absolute atomic E-state index is 0.0292. The molecule has 1 heterocycles. The Balaban J connectivity index is 2.60. The Labute approximate surface area is 132 Å². The van der Waals surface area contributed by atoms with Crippen molar-refractivity contribution in [2.45, 2.75) is 53.6 Å². The first-order valence-electron chi connectivity index (χ1n) is 7.79. The Morgan fingerprint density at radius 3 is 2.41 bits per heavy atom. The predicted octanol–water partition coefficient (Wildman–Crippen LogP) is 2.19. The van der Waals surface area contributed by atoms with Gasteiger partial charge in [0.05, 0.1) is 12.2 Å². The van der Waals surface area contributed by atoms with Crippen LogP contribution in [0.2, 0.25) is 0 Å². The molecule has 0 fully saturated rings. The van der Waals surface area contributed by atoms with Crippen LogP contribution < -0.4 is 10.6 Å². The zero-order valence-corrected chi connectivity index (χ0v) is 14.1. The van der Waals surface area contributed by atoms with Gasteiger partial charge in [0, 0.05) is 12.1 Å². The monoisotopic (exact) mass is 305 g/mol. The Hall–Kier alpha value is -1.91. The summed E-state index contributed by atoms with van der Waals surface area (Å²) in [6.45, 7) is 10.1. The number of nitrogens with zero attached hydrogens (tertiary/aromatic N) is 1. The van der Waals surface area contributed by atoms with Gasteiger partial charge >= 0.3 is 0 Å². The van der Waals surface area contributed by atoms with Gasteiger partial charge in [-0.15, -0.1) is 0 Å². The van der Waals surface area contributed by atoms with Gasteiger partial charge in [0.2, 0.25) is 11.8 Å². The van der Waals surface area contributed by atoms with Crippen LogP contribution in [0.4, 0.5) is 0 Å². The molecule has 0 radical (unpaired) electrons. The number of pyridine rings is 1. The molecule has 0 saturated heterocycles. The third-order valence-corrected chi connectivity index (χ3v) is 3.25. The van der Waals surface area contributed by atoms with Gasteiger partial charge in [-0.25, -0.2) is 0 Å². The van der Waals surface area contributed by atoms with E-state index >= 15 is 0 Å². The lowest BCUT2D eigenvalue weighted by Crippen LogP contribution is -2.49. The fourth-order valence-corrected chi connectivity index (χ4v) is 2.12. The van der Waals surface area contributed by atoms with Crippen molar-refractivity contribution in [1.82, 2.24) is 15.6 Å². The standard InChI is InChI=1S/C17H27N3O2/c1-11(2)9-15(21)20-16(12(3)4)17(22)18-10-14-8-6-7-13(5)19-14/h6-8,11-12,16H,9-10H2,1-5H3,(H,18,22)(H,20,21). The van der Waals surface area contributed by atoms with Crippen LogP contribution in [0.5, 0.6) is 0 Å². The molecule has 0 aliphatic carbocycles. The number of nitrogens with one attached hydrogen (secondary N) is 2. The van der Waals surface area contributed by atoms with Crippen LogP contribution in [0.1, 0.15) is 45.5 Å². The normalized spacial score (nSPS) is 12.3. The number of carbonyl (C=O) groups is 2. The molecule has 0 aliphatic rings. The van der Waals surface area contributed by atoms with E-state index in [1.807, 2.05) is 52.8 Å². The molecule has 1 atom stereocenters. The molecule has 2 amide bonds. The zero-order valence-electron chi connectivity index (χ0n) is 14.1. The van der Waals surface area contributed by atoms with Crippen LogP contribution in [-0.4, -0.2) is 22.8 Å². The maximum absolute atomic E-state index is 12.3. The van der Waals surface area contributed by atoms with Crippen molar-refractivity contribution >= 4 is 11.8 Å². The number of rotatable bonds is 7. The molecule has 1 unspecified atom stereocenters. The Morgan fingerprint density at radius 1 is 1.18 bits per heavy atom. The molecule has 0 aromatic carbocycles. The zero-order chi connectivity index (χ0) is 16.7. The lowest BCUT2D eigenvalue weighted by molar-refractivity contribution is -0.130. The molecular formula is C17H27N3O2. The van der Waals surface area contributed by atoms with Crippen LogP contribution in [0.15, 0.2) is 18.2 Å². The average molecular weight is 305 g/mol. The summed E-state index contributed by atoms with van der Waals surface area (Å²) < 4.78 is 0. The third kappa shape index (κ3) is 6.24. The van der Waals surface area contributed by atoms with E-state index in [0.29, 0.717) is 13.0 Å². The highest BCUT2D eigenvalue weighted by atomic mass is 16.2. The molecule has 1 aromatic heterocycles. The van der Waals surface area contributed by atoms with E-state index in [4.69, 9.17) is 0 Å². The van der Waals surface area contributed by atoms with E-state index < -0.39 is 6.04 Å². The van der Waals surface area contributed by atoms with E-state index in [9.17, 15) is 9.59 Å². The Kier molecular flexibility index (Phi) is 7.02. The van der Waals surface area contributed by atoms with Gasteiger partial charge < -0.3 is 10.6 Å². The summed E-state index contributed by atoms with van der Waals surface area (Å²) in [4.78, 5) is 28.5. The minimum atomic E-state index is -0.518. The predicted molar refractivity (Wildman–Crippen MR) is 87.0 cm³/mol. The van der Waals surface area contributed by atoms with Crippen LogP contribution in [0.25, 0.3) is 0 Å². The first-order valence-corrected chi connectivity index (χ1v) is 7.79. The highest BCUT2D eigenvalue weighted by Crippen LogP contribution is 2.06. The van der Waals surface area contributed by atoms with Crippen molar-refractivity contribution in [3.8, 4) is 0 Å². The van der Waals surface area contributed by atoms with E-state index in [1.54, 1.807) is 0 Å². The number of carbonyl (C=O) groups excluding carboxylic acids is 2. The summed E-state index contributed by atoms with van der Waals surface area (Å²) in [7, 11) is 0. The maximum atomic E-state index is 12.3. The highest BCUT2D eigenvalue weighted by Gasteiger charge is 2.24. The molecular weight excluding hydrogens is 278 g/mol. The lowest BCUT2D eigenvalue weighted by Gasteiger charge is -2.22. The summed E-state index contributed by atoms with van der Waals surface area (Å²) in [5.41, 5.74) is 1.72. The van der Waals surface area contributed by atoms with Crippen molar-refractivity contribution in [3.05, 3.63) is 29.6 Å². The largest absolute Gasteiger partial charge is 0.349 e. The second-order valence-corrected chi connectivity index (χ2v) is 6.38. The van der Waals surface area contributed by atoms with Gasteiger partial charge in [-0.05, 0) is 30.9 Å². The fourth-order valence-electron chi connectivity index (χ4n) is 2.12. The van der Waals surface area contributed by atoms with Gasteiger partial charge in [0.25, 0.3) is 0 Å². The van der Waals surface area contributed by atoms with Crippen LogP contribution in [0.3, 0.4) is 0 Å². The molecule has 0 aliphatic heterocycles. The summed E-state index contributed by atoms with van der Waals surface area (Å²) in [6.07, 6.45) is 0.427. The smallest absolute Gasteiger partial charge is 0.243 e. The Morgan fingerprint density at radius 2 is 1.86 bits per heavy atom. The van der Waals surface area contributed by atoms with Crippen LogP contribution >= 0.6 is 0 Å². The van der Waals surface area contributed by atoms with Gasteiger partial charge in [-0.3, -0.25) is 14.6 Å². The summed E-state index contributed by atoms with van der Waals surface area (Å²) >= 11 is 0. The molecule has 22 heavy (non-hydrogen) atoms. The van der Waals surface area contributed by atoms with Crippen molar-refractivity contribution in [1.29, 1.82) is 0 Å². The second-order valence-electron chi connectivity index (χ2n) is 6.38. The molecule has 5 nitrogen and oxygen atoms in total. The molecule has 1 aromatic rings. The highest BCUT2D eigenvalue weighted by molar-refractivity contribution is 5.87. The second kappa shape index (κ2) is 8.51. The van der Waals surface area contributed by atoms with E-state index in [1.165, 1.54) is 0 Å². The van der Waals surface area contributed by atoms with Gasteiger partial charge in [-0.2, -0.15) is 0 Å². The molecule has 122 valence electrons. The fraction of sp³-hybridized carbons (Fsp3) is 0.588. The molecule has 5 heteroatoms. The number of aromatic nitrogens is 1. The van der Waals surface area contributed by atoms with Gasteiger partial charge in [0.1, 0.15) is 6.04 Å². The third-order valence-electron chi connectivity index (χ3n) is 3.25. The van der Waals surface area contributed by atoms with Gasteiger partial charge in [0.15, 0.2) is 0 Å². The van der Waals surface area contributed by atoms with Crippen molar-refractivity contribution in [2.24, 2.45) is 11.8 Å². The van der Waals surface area contributed by atoms with Gasteiger partial charge in [-0.1, -0.05) is 33.8 Å². The van der Waals surface area contributed by atoms with Crippen molar-refractivity contribution < 1.29 is 9.59 Å². The van der Waals surface area contributed by atoms with Crippen LogP contribution in [-0.2, 0) is 16.1 Å². The van der Waals surface area contributed by atoms with E-state index in [2.05, 4.69) is 15.6 Å². The quantitative estimate of drug-likeness (QED) is 0.811. The lowest BCUT2D eigenvalue weighted by atomic mass is 10.0.